The number of carbonyl (C=O) groups is 1. The first-order valence-corrected chi connectivity index (χ1v) is 5.38. The van der Waals surface area contributed by atoms with Gasteiger partial charge < -0.3 is 10.3 Å². The number of ketones is 1. The van der Waals surface area contributed by atoms with Crippen molar-refractivity contribution >= 4 is 11.5 Å². The molecule has 2 aromatic rings. The van der Waals surface area contributed by atoms with Gasteiger partial charge >= 0.3 is 0 Å². The lowest BCUT2D eigenvalue weighted by atomic mass is 10.1. The molecular weight excluding hydrogens is 216 g/mol. The number of imidazole rings is 1. The zero-order chi connectivity index (χ0) is 12.3. The van der Waals surface area contributed by atoms with Gasteiger partial charge in [-0.05, 0) is 12.1 Å². The van der Waals surface area contributed by atoms with Crippen LogP contribution in [0.4, 0.5) is 5.69 Å². The molecule has 0 aliphatic heterocycles. The van der Waals surface area contributed by atoms with Gasteiger partial charge in [0.05, 0.1) is 5.69 Å². The molecule has 0 aromatic carbocycles. The Bertz CT molecular complexity index is 533. The van der Waals surface area contributed by atoms with E-state index in [4.69, 9.17) is 5.73 Å². The highest BCUT2D eigenvalue weighted by Gasteiger charge is 2.11. The molecule has 0 aliphatic carbocycles. The Hall–Kier alpha value is -2.17. The zero-order valence-electron chi connectivity index (χ0n) is 9.63. The summed E-state index contributed by atoms with van der Waals surface area (Å²) in [5.74, 6) is 0.832. The van der Waals surface area contributed by atoms with E-state index in [1.54, 1.807) is 24.5 Å². The largest absolute Gasteiger partial charge is 0.397 e. The van der Waals surface area contributed by atoms with Gasteiger partial charge in [0.1, 0.15) is 11.5 Å². The number of nitrogens with two attached hydrogens (primary N) is 1. The Morgan fingerprint density at radius 3 is 2.88 bits per heavy atom. The summed E-state index contributed by atoms with van der Waals surface area (Å²) in [6.45, 7) is 0. The standard InChI is InChI=1S/C12H14N4O/c1-16-8-7-14-11(16)5-4-10(17)12-9(13)3-2-6-15-12/h2-3,6-8H,4-5,13H2,1H3. The molecule has 17 heavy (non-hydrogen) atoms. The fourth-order valence-corrected chi connectivity index (χ4v) is 1.63. The molecule has 0 fully saturated rings. The molecule has 2 aromatic heterocycles. The van der Waals surface area contributed by atoms with E-state index in [0.717, 1.165) is 5.82 Å². The maximum atomic E-state index is 11.9. The molecule has 0 radical (unpaired) electrons. The normalized spacial score (nSPS) is 10.4. The highest BCUT2D eigenvalue weighted by molar-refractivity contribution is 5.98. The molecule has 2 rings (SSSR count). The number of carbonyl (C=O) groups excluding carboxylic acids is 1. The van der Waals surface area contributed by atoms with Gasteiger partial charge in [0.25, 0.3) is 0 Å². The fraction of sp³-hybridized carbons (Fsp3) is 0.250. The van der Waals surface area contributed by atoms with Crippen LogP contribution in [0.15, 0.2) is 30.7 Å². The lowest BCUT2D eigenvalue weighted by Gasteiger charge is -2.03. The van der Waals surface area contributed by atoms with Crippen molar-refractivity contribution in [3.63, 3.8) is 0 Å². The monoisotopic (exact) mass is 230 g/mol. The number of aryl methyl sites for hydroxylation is 2. The van der Waals surface area contributed by atoms with Crippen molar-refractivity contribution in [3.05, 3.63) is 42.2 Å². The number of pyridine rings is 1. The average molecular weight is 230 g/mol. The van der Waals surface area contributed by atoms with E-state index in [2.05, 4.69) is 9.97 Å². The molecule has 0 bridgehead atoms. The minimum Gasteiger partial charge on any atom is -0.397 e. The molecule has 0 saturated heterocycles. The molecular formula is C12H14N4O. The van der Waals surface area contributed by atoms with Gasteiger partial charge in [0.2, 0.25) is 0 Å². The second kappa shape index (κ2) is 4.78. The van der Waals surface area contributed by atoms with E-state index in [1.165, 1.54) is 0 Å². The van der Waals surface area contributed by atoms with Gasteiger partial charge in [0.15, 0.2) is 5.78 Å². The summed E-state index contributed by atoms with van der Waals surface area (Å²) in [5, 5.41) is 0. The summed E-state index contributed by atoms with van der Waals surface area (Å²) in [6.07, 6.45) is 6.11. The van der Waals surface area contributed by atoms with Crippen molar-refractivity contribution in [2.24, 2.45) is 7.05 Å². The maximum Gasteiger partial charge on any atom is 0.183 e. The Morgan fingerprint density at radius 1 is 1.41 bits per heavy atom. The predicted octanol–water partition coefficient (Wildman–Crippen LogP) is 1.21. The van der Waals surface area contributed by atoms with Crippen molar-refractivity contribution in [1.29, 1.82) is 0 Å². The summed E-state index contributed by atoms with van der Waals surface area (Å²) in [5.41, 5.74) is 6.47. The van der Waals surface area contributed by atoms with Gasteiger partial charge in [-0.25, -0.2) is 4.98 Å². The van der Waals surface area contributed by atoms with E-state index in [0.29, 0.717) is 24.2 Å². The predicted molar refractivity (Wildman–Crippen MR) is 64.5 cm³/mol. The van der Waals surface area contributed by atoms with Crippen molar-refractivity contribution in [2.75, 3.05) is 5.73 Å². The van der Waals surface area contributed by atoms with Crippen molar-refractivity contribution < 1.29 is 4.79 Å². The van der Waals surface area contributed by atoms with E-state index in [-0.39, 0.29) is 5.78 Å². The number of hydrogen-bond donors (Lipinski definition) is 1. The summed E-state index contributed by atoms with van der Waals surface area (Å²) < 4.78 is 1.90. The number of nitrogen functional groups attached to an aromatic ring is 1. The van der Waals surface area contributed by atoms with E-state index < -0.39 is 0 Å². The molecule has 0 atom stereocenters. The molecule has 0 spiro atoms. The first-order valence-electron chi connectivity index (χ1n) is 5.38. The smallest absolute Gasteiger partial charge is 0.183 e. The maximum absolute atomic E-state index is 11.9. The van der Waals surface area contributed by atoms with Crippen LogP contribution < -0.4 is 5.73 Å². The topological polar surface area (TPSA) is 73.8 Å². The van der Waals surface area contributed by atoms with Gasteiger partial charge in [-0.15, -0.1) is 0 Å². The summed E-state index contributed by atoms with van der Waals surface area (Å²) in [7, 11) is 1.90. The number of anilines is 1. The first-order chi connectivity index (χ1) is 8.18. The highest BCUT2D eigenvalue weighted by Crippen LogP contribution is 2.11. The number of Topliss-reactive ketones (excluding diaryl/α,β-unsaturated/α-hetero) is 1. The van der Waals surface area contributed by atoms with Gasteiger partial charge in [-0.1, -0.05) is 0 Å². The van der Waals surface area contributed by atoms with Crippen molar-refractivity contribution in [3.8, 4) is 0 Å². The minimum atomic E-state index is -0.0499. The molecule has 5 heteroatoms. The van der Waals surface area contributed by atoms with Crippen molar-refractivity contribution in [2.45, 2.75) is 12.8 Å². The van der Waals surface area contributed by atoms with E-state index in [9.17, 15) is 4.79 Å². The van der Waals surface area contributed by atoms with E-state index >= 15 is 0 Å². The van der Waals surface area contributed by atoms with Gasteiger partial charge in [-0.3, -0.25) is 9.78 Å². The number of nitrogens with zero attached hydrogens (tertiary/aromatic N) is 3. The molecule has 5 nitrogen and oxygen atoms in total. The second-order valence-electron chi connectivity index (χ2n) is 3.82. The lowest BCUT2D eigenvalue weighted by Crippen LogP contribution is -2.09. The SMILES string of the molecule is Cn1ccnc1CCC(=O)c1ncccc1N. The Balaban J connectivity index is 2.04. The molecule has 0 aliphatic rings. The lowest BCUT2D eigenvalue weighted by molar-refractivity contribution is 0.0978. The van der Waals surface area contributed by atoms with Crippen molar-refractivity contribution in [1.82, 2.24) is 14.5 Å². The Kier molecular flexibility index (Phi) is 3.18. The number of aromatic nitrogens is 3. The highest BCUT2D eigenvalue weighted by atomic mass is 16.1. The summed E-state index contributed by atoms with van der Waals surface area (Å²) >= 11 is 0. The number of rotatable bonds is 4. The minimum absolute atomic E-state index is 0.0499. The van der Waals surface area contributed by atoms with Crippen LogP contribution in [0.3, 0.4) is 0 Å². The third-order valence-corrected chi connectivity index (χ3v) is 2.60. The number of hydrogen-bond acceptors (Lipinski definition) is 4. The molecule has 2 N–H and O–H groups in total. The Morgan fingerprint density at radius 2 is 2.24 bits per heavy atom. The van der Waals surface area contributed by atoms with Crippen LogP contribution in [-0.4, -0.2) is 20.3 Å². The van der Waals surface area contributed by atoms with Gasteiger partial charge in [-0.2, -0.15) is 0 Å². The first kappa shape index (κ1) is 11.3. The summed E-state index contributed by atoms with van der Waals surface area (Å²) in [4.78, 5) is 20.1. The zero-order valence-corrected chi connectivity index (χ0v) is 9.63. The molecule has 88 valence electrons. The summed E-state index contributed by atoms with van der Waals surface area (Å²) in [6, 6.07) is 3.39. The van der Waals surface area contributed by atoms with Gasteiger partial charge in [0, 0.05) is 38.5 Å². The third-order valence-electron chi connectivity index (χ3n) is 2.60. The van der Waals surface area contributed by atoms with Crippen LogP contribution in [0.2, 0.25) is 0 Å². The van der Waals surface area contributed by atoms with Crippen LogP contribution in [-0.2, 0) is 13.5 Å². The van der Waals surface area contributed by atoms with Crippen LogP contribution in [0.1, 0.15) is 22.7 Å². The fourth-order valence-electron chi connectivity index (χ4n) is 1.63. The molecule has 0 amide bonds. The average Bonchev–Trinajstić information content (AvgIpc) is 2.72. The van der Waals surface area contributed by atoms with Crippen LogP contribution in [0, 0.1) is 0 Å². The van der Waals surface area contributed by atoms with Crippen LogP contribution in [0.25, 0.3) is 0 Å². The van der Waals surface area contributed by atoms with Crippen LogP contribution in [0.5, 0.6) is 0 Å². The molecule has 0 saturated carbocycles. The van der Waals surface area contributed by atoms with Crippen LogP contribution >= 0.6 is 0 Å². The molecule has 0 unspecified atom stereocenters. The second-order valence-corrected chi connectivity index (χ2v) is 3.82. The third kappa shape index (κ3) is 2.50. The molecule has 2 heterocycles. The van der Waals surface area contributed by atoms with E-state index in [1.807, 2.05) is 17.8 Å². The quantitative estimate of drug-likeness (QED) is 0.801. The Labute approximate surface area is 99.3 Å².